The van der Waals surface area contributed by atoms with Crippen LogP contribution in [0.3, 0.4) is 0 Å². The zero-order chi connectivity index (χ0) is 18.3. The van der Waals surface area contributed by atoms with Gasteiger partial charge in [-0.15, -0.1) is 0 Å². The maximum atomic E-state index is 9.99. The Labute approximate surface area is 153 Å². The van der Waals surface area contributed by atoms with Gasteiger partial charge in [0, 0.05) is 0 Å². The van der Waals surface area contributed by atoms with Crippen LogP contribution >= 0.6 is 0 Å². The quantitative estimate of drug-likeness (QED) is 0.309. The Kier molecular flexibility index (Phi) is 13.0. The molecule has 1 fully saturated rings. The molecule has 0 aliphatic carbocycles. The number of aliphatic hydroxyl groups is 3. The Morgan fingerprint density at radius 2 is 1.64 bits per heavy atom. The molecule has 1 aliphatic heterocycles. The van der Waals surface area contributed by atoms with Crippen LogP contribution in [0.5, 0.6) is 0 Å². The van der Waals surface area contributed by atoms with Gasteiger partial charge in [-0.05, 0) is 18.9 Å². The third-order valence-electron chi connectivity index (χ3n) is 4.81. The fourth-order valence-corrected chi connectivity index (χ4v) is 3.15. The Morgan fingerprint density at radius 3 is 2.24 bits per heavy atom. The first-order valence-electron chi connectivity index (χ1n) is 10.1. The van der Waals surface area contributed by atoms with Crippen molar-refractivity contribution in [2.24, 2.45) is 0 Å². The van der Waals surface area contributed by atoms with E-state index in [1.54, 1.807) is 6.26 Å². The topological polar surface area (TPSA) is 79.2 Å². The van der Waals surface area contributed by atoms with E-state index in [1.807, 2.05) is 6.08 Å². The first-order valence-corrected chi connectivity index (χ1v) is 10.1. The summed E-state index contributed by atoms with van der Waals surface area (Å²) in [7, 11) is 0. The highest BCUT2D eigenvalue weighted by molar-refractivity contribution is 4.90. The van der Waals surface area contributed by atoms with Crippen LogP contribution in [-0.4, -0.2) is 52.9 Å². The fourth-order valence-electron chi connectivity index (χ4n) is 3.15. The largest absolute Gasteiger partial charge is 0.493 e. The van der Waals surface area contributed by atoms with Crippen LogP contribution in [0.15, 0.2) is 12.3 Å². The molecule has 0 saturated carbocycles. The van der Waals surface area contributed by atoms with Crippen LogP contribution in [0.25, 0.3) is 0 Å². The van der Waals surface area contributed by atoms with E-state index < -0.39 is 31.0 Å². The van der Waals surface area contributed by atoms with Gasteiger partial charge in [0.25, 0.3) is 0 Å². The Morgan fingerprint density at radius 1 is 1.04 bits per heavy atom. The molecule has 5 heteroatoms. The van der Waals surface area contributed by atoms with Crippen molar-refractivity contribution in [3.63, 3.8) is 0 Å². The highest BCUT2D eigenvalue weighted by Crippen LogP contribution is 2.20. The molecule has 1 heterocycles. The van der Waals surface area contributed by atoms with E-state index >= 15 is 0 Å². The first-order chi connectivity index (χ1) is 12.2. The minimum Gasteiger partial charge on any atom is -0.493 e. The summed E-state index contributed by atoms with van der Waals surface area (Å²) in [5.41, 5.74) is 0. The molecule has 1 aliphatic rings. The van der Waals surface area contributed by atoms with Crippen molar-refractivity contribution in [3.05, 3.63) is 12.3 Å². The molecule has 1 saturated heterocycles. The van der Waals surface area contributed by atoms with Crippen LogP contribution in [0.2, 0.25) is 0 Å². The minimum absolute atomic E-state index is 0.228. The Hall–Kier alpha value is -0.620. The second-order valence-corrected chi connectivity index (χ2v) is 7.06. The lowest BCUT2D eigenvalue weighted by molar-refractivity contribution is -0.0689. The molecule has 3 N–H and O–H groups in total. The SMILES string of the molecule is CCCCCCCCCCCC/C=C/O[C@@H]1CO[C@@H]([C@@H](O)CO)[C@H]1O. The Bertz CT molecular complexity index is 334. The number of ether oxygens (including phenoxy) is 2. The van der Waals surface area contributed by atoms with Crippen molar-refractivity contribution in [1.29, 1.82) is 0 Å². The van der Waals surface area contributed by atoms with Crippen LogP contribution in [0.4, 0.5) is 0 Å². The predicted molar refractivity (Wildman–Crippen MR) is 99.3 cm³/mol. The summed E-state index contributed by atoms with van der Waals surface area (Å²) in [5, 5.41) is 28.4. The van der Waals surface area contributed by atoms with E-state index in [-0.39, 0.29) is 6.61 Å². The van der Waals surface area contributed by atoms with Crippen LogP contribution < -0.4 is 0 Å². The first kappa shape index (κ1) is 22.4. The van der Waals surface area contributed by atoms with Gasteiger partial charge < -0.3 is 24.8 Å². The van der Waals surface area contributed by atoms with Crippen LogP contribution in [0.1, 0.15) is 77.6 Å². The molecule has 25 heavy (non-hydrogen) atoms. The number of unbranched alkanes of at least 4 members (excludes halogenated alkanes) is 10. The summed E-state index contributed by atoms with van der Waals surface area (Å²) in [6.07, 6.45) is 14.6. The summed E-state index contributed by atoms with van der Waals surface area (Å²) in [5.74, 6) is 0. The lowest BCUT2D eigenvalue weighted by Gasteiger charge is -2.20. The van der Waals surface area contributed by atoms with Gasteiger partial charge in [0.2, 0.25) is 0 Å². The second-order valence-electron chi connectivity index (χ2n) is 7.06. The molecular weight excluding hydrogens is 320 g/mol. The third kappa shape index (κ3) is 9.59. The van der Waals surface area contributed by atoms with Gasteiger partial charge in [-0.3, -0.25) is 0 Å². The maximum Gasteiger partial charge on any atom is 0.149 e. The maximum absolute atomic E-state index is 9.99. The fraction of sp³-hybridized carbons (Fsp3) is 0.900. The molecule has 0 bridgehead atoms. The highest BCUT2D eigenvalue weighted by Gasteiger charge is 2.40. The molecule has 0 aromatic rings. The number of rotatable bonds is 15. The molecule has 0 spiro atoms. The molecule has 0 aromatic carbocycles. The molecule has 1 rings (SSSR count). The lowest BCUT2D eigenvalue weighted by atomic mass is 10.1. The average Bonchev–Trinajstić information content (AvgIpc) is 2.99. The van der Waals surface area contributed by atoms with E-state index in [0.29, 0.717) is 0 Å². The Balaban J connectivity index is 1.94. The molecule has 0 aromatic heterocycles. The van der Waals surface area contributed by atoms with Gasteiger partial charge in [0.1, 0.15) is 24.4 Å². The van der Waals surface area contributed by atoms with Crippen LogP contribution in [0, 0.1) is 0 Å². The molecule has 0 radical (unpaired) electrons. The van der Waals surface area contributed by atoms with Gasteiger partial charge in [-0.25, -0.2) is 0 Å². The average molecular weight is 359 g/mol. The van der Waals surface area contributed by atoms with Gasteiger partial charge in [0.05, 0.1) is 19.5 Å². The van der Waals surface area contributed by atoms with Gasteiger partial charge in [0.15, 0.2) is 0 Å². The van der Waals surface area contributed by atoms with Gasteiger partial charge >= 0.3 is 0 Å². The van der Waals surface area contributed by atoms with E-state index in [4.69, 9.17) is 14.6 Å². The van der Waals surface area contributed by atoms with Crippen molar-refractivity contribution in [2.45, 2.75) is 102 Å². The summed E-state index contributed by atoms with van der Waals surface area (Å²) >= 11 is 0. The zero-order valence-electron chi connectivity index (χ0n) is 15.8. The van der Waals surface area contributed by atoms with Crippen LogP contribution in [-0.2, 0) is 9.47 Å². The molecule has 0 amide bonds. The third-order valence-corrected chi connectivity index (χ3v) is 4.81. The lowest BCUT2D eigenvalue weighted by Crippen LogP contribution is -2.40. The highest BCUT2D eigenvalue weighted by atomic mass is 16.6. The smallest absolute Gasteiger partial charge is 0.149 e. The minimum atomic E-state index is -1.07. The van der Waals surface area contributed by atoms with E-state index in [0.717, 1.165) is 12.8 Å². The van der Waals surface area contributed by atoms with Gasteiger partial charge in [-0.2, -0.15) is 0 Å². The van der Waals surface area contributed by atoms with Crippen molar-refractivity contribution in [2.75, 3.05) is 13.2 Å². The summed E-state index contributed by atoms with van der Waals surface area (Å²) < 4.78 is 10.8. The number of hydrogen-bond acceptors (Lipinski definition) is 5. The van der Waals surface area contributed by atoms with E-state index in [1.165, 1.54) is 57.8 Å². The second kappa shape index (κ2) is 14.5. The molecule has 5 nitrogen and oxygen atoms in total. The molecule has 148 valence electrons. The summed E-state index contributed by atoms with van der Waals surface area (Å²) in [6.45, 7) is 2.05. The van der Waals surface area contributed by atoms with E-state index in [2.05, 4.69) is 6.92 Å². The van der Waals surface area contributed by atoms with Crippen molar-refractivity contribution >= 4 is 0 Å². The standard InChI is InChI=1S/C20H38O5/c1-2-3-4-5-6-7-8-9-10-11-12-13-14-24-18-16-25-20(19(18)23)17(22)15-21/h13-14,17-23H,2-12,15-16H2,1H3/b14-13+/t17-,18+,19-,20-/m0/s1. The normalized spacial score (nSPS) is 24.9. The van der Waals surface area contributed by atoms with E-state index in [9.17, 15) is 10.2 Å². The number of allylic oxidation sites excluding steroid dienone is 1. The summed E-state index contributed by atoms with van der Waals surface area (Å²) in [4.78, 5) is 0. The molecular formula is C20H38O5. The predicted octanol–water partition coefficient (Wildman–Crippen LogP) is 3.31. The zero-order valence-corrected chi connectivity index (χ0v) is 15.8. The van der Waals surface area contributed by atoms with Gasteiger partial charge in [-0.1, -0.05) is 64.7 Å². The number of hydrogen-bond donors (Lipinski definition) is 3. The molecule has 0 unspecified atom stereocenters. The van der Waals surface area contributed by atoms with Crippen molar-refractivity contribution in [1.82, 2.24) is 0 Å². The molecule has 4 atom stereocenters. The summed E-state index contributed by atoms with van der Waals surface area (Å²) in [6, 6.07) is 0. The monoisotopic (exact) mass is 358 g/mol. The van der Waals surface area contributed by atoms with Crippen molar-refractivity contribution in [3.8, 4) is 0 Å². The number of aliphatic hydroxyl groups excluding tert-OH is 3. The van der Waals surface area contributed by atoms with Crippen molar-refractivity contribution < 1.29 is 24.8 Å².